The summed E-state index contributed by atoms with van der Waals surface area (Å²) in [5, 5.41) is 26.8. The maximum Gasteiger partial charge on any atom is 0.335 e. The molecule has 0 radical (unpaired) electrons. The van der Waals surface area contributed by atoms with Gasteiger partial charge in [0, 0.05) is 51.7 Å². The van der Waals surface area contributed by atoms with Crippen LogP contribution in [0.1, 0.15) is 66.7 Å². The quantitative estimate of drug-likeness (QED) is 0.139. The largest absolute Gasteiger partial charge is 0.478 e. The lowest BCUT2D eigenvalue weighted by Gasteiger charge is -2.39. The molecule has 1 aliphatic rings. The summed E-state index contributed by atoms with van der Waals surface area (Å²) in [7, 11) is 0. The smallest absolute Gasteiger partial charge is 0.335 e. The first-order valence-electron chi connectivity index (χ1n) is 15.2. The van der Waals surface area contributed by atoms with Crippen molar-refractivity contribution in [3.05, 3.63) is 100 Å². The van der Waals surface area contributed by atoms with Gasteiger partial charge in [0.15, 0.2) is 0 Å². The number of carboxylic acids is 1. The third-order valence-corrected chi connectivity index (χ3v) is 8.36. The van der Waals surface area contributed by atoms with Crippen molar-refractivity contribution in [2.45, 2.75) is 58.6 Å². The fraction of sp³-hybridized carbons (Fsp3) is 0.371. The normalized spacial score (nSPS) is 14.0. The number of carboxylic acid groups (broad SMARTS) is 1. The zero-order valence-electron chi connectivity index (χ0n) is 26.8. The number of anilines is 1. The number of piperidine rings is 1. The Kier molecular flexibility index (Phi) is 11.2. The standard InChI is InChI=1S/C35H42ClFN6O3/c1-23-9-10-26(34(44)45)17-31(23)42(20-32(39)43(22-38)35(3,4)5)24(2)19-41-15-13-25(14-16-41)30-7-6-8-33(40-30)46-21-27-11-12-28(36)18-29(27)37/h6-12,17-18,22,25,38-39H,2,13-16,19-21H2,1,3-5H3,(H,44,45). The van der Waals surface area contributed by atoms with Crippen LogP contribution in [0.25, 0.3) is 0 Å². The number of benzene rings is 2. The molecule has 46 heavy (non-hydrogen) atoms. The van der Waals surface area contributed by atoms with Crippen LogP contribution in [0.5, 0.6) is 5.88 Å². The van der Waals surface area contributed by atoms with Gasteiger partial charge in [-0.15, -0.1) is 0 Å². The van der Waals surface area contributed by atoms with Gasteiger partial charge in [-0.3, -0.25) is 15.7 Å². The molecule has 244 valence electrons. The highest BCUT2D eigenvalue weighted by atomic mass is 35.5. The van der Waals surface area contributed by atoms with Crippen molar-refractivity contribution < 1.29 is 19.0 Å². The van der Waals surface area contributed by atoms with Gasteiger partial charge in [0.1, 0.15) is 18.3 Å². The number of rotatable bonds is 12. The average Bonchev–Trinajstić information content (AvgIpc) is 3.00. The molecule has 0 atom stereocenters. The SMILES string of the molecule is C=C(CN1CCC(c2cccc(OCc3ccc(Cl)cc3F)n2)CC1)N(CC(=N)N(C=N)C(C)(C)C)c1cc(C(=O)O)ccc1C. The van der Waals surface area contributed by atoms with E-state index in [1.807, 2.05) is 44.7 Å². The van der Waals surface area contributed by atoms with Crippen LogP contribution in [-0.2, 0) is 6.61 Å². The monoisotopic (exact) mass is 648 g/mol. The predicted molar refractivity (Wildman–Crippen MR) is 181 cm³/mol. The molecule has 2 heterocycles. The van der Waals surface area contributed by atoms with Gasteiger partial charge in [-0.1, -0.05) is 36.4 Å². The molecule has 9 nitrogen and oxygen atoms in total. The molecule has 0 saturated carbocycles. The Morgan fingerprint density at radius 2 is 1.91 bits per heavy atom. The first-order chi connectivity index (χ1) is 21.8. The van der Waals surface area contributed by atoms with Crippen LogP contribution in [0.15, 0.2) is 66.9 Å². The number of aromatic carboxylic acids is 1. The van der Waals surface area contributed by atoms with Crippen LogP contribution < -0.4 is 9.64 Å². The summed E-state index contributed by atoms with van der Waals surface area (Å²) in [6.45, 7) is 14.4. The van der Waals surface area contributed by atoms with Gasteiger partial charge in [-0.25, -0.2) is 14.2 Å². The van der Waals surface area contributed by atoms with Gasteiger partial charge in [0.05, 0.1) is 18.4 Å². The topological polar surface area (TPSA) is 117 Å². The van der Waals surface area contributed by atoms with Crippen molar-refractivity contribution in [1.82, 2.24) is 14.8 Å². The molecule has 1 fully saturated rings. The van der Waals surface area contributed by atoms with E-state index in [4.69, 9.17) is 32.1 Å². The van der Waals surface area contributed by atoms with E-state index in [0.717, 1.165) is 49.2 Å². The van der Waals surface area contributed by atoms with E-state index in [9.17, 15) is 14.3 Å². The molecule has 1 aromatic heterocycles. The lowest BCUT2D eigenvalue weighted by Crippen LogP contribution is -2.49. The molecule has 0 spiro atoms. The molecule has 0 unspecified atom stereocenters. The maximum absolute atomic E-state index is 14.2. The van der Waals surface area contributed by atoms with Crippen LogP contribution in [0.3, 0.4) is 0 Å². The Hall–Kier alpha value is -4.28. The van der Waals surface area contributed by atoms with Crippen LogP contribution in [0.4, 0.5) is 10.1 Å². The molecule has 3 aromatic rings. The van der Waals surface area contributed by atoms with Crippen molar-refractivity contribution in [2.75, 3.05) is 31.1 Å². The lowest BCUT2D eigenvalue weighted by atomic mass is 9.93. The minimum absolute atomic E-state index is 0.0517. The summed E-state index contributed by atoms with van der Waals surface area (Å²) in [6.07, 6.45) is 2.88. The molecule has 4 rings (SSSR count). The number of aromatic nitrogens is 1. The highest BCUT2D eigenvalue weighted by Gasteiger charge is 2.28. The number of aryl methyl sites for hydroxylation is 1. The van der Waals surface area contributed by atoms with E-state index < -0.39 is 17.3 Å². The minimum atomic E-state index is -1.03. The van der Waals surface area contributed by atoms with Crippen molar-refractivity contribution >= 4 is 35.4 Å². The molecular formula is C35H42ClFN6O3. The van der Waals surface area contributed by atoms with Gasteiger partial charge in [-0.2, -0.15) is 0 Å². The number of nitrogens with zero attached hydrogens (tertiary/aromatic N) is 4. The molecule has 0 bridgehead atoms. The predicted octanol–water partition coefficient (Wildman–Crippen LogP) is 7.34. The Balaban J connectivity index is 1.44. The van der Waals surface area contributed by atoms with Crippen LogP contribution in [-0.4, -0.2) is 69.8 Å². The van der Waals surface area contributed by atoms with Crippen LogP contribution >= 0.6 is 11.6 Å². The van der Waals surface area contributed by atoms with Gasteiger partial charge < -0.3 is 19.6 Å². The molecule has 0 amide bonds. The first kappa shape index (κ1) is 34.6. The summed E-state index contributed by atoms with van der Waals surface area (Å²) in [5.41, 5.74) is 3.28. The number of pyridine rings is 1. The minimum Gasteiger partial charge on any atom is -0.478 e. The van der Waals surface area contributed by atoms with Crippen molar-refractivity contribution in [2.24, 2.45) is 0 Å². The van der Waals surface area contributed by atoms with E-state index in [1.54, 1.807) is 41.3 Å². The second-order valence-electron chi connectivity index (χ2n) is 12.6. The molecule has 3 N–H and O–H groups in total. The third-order valence-electron chi connectivity index (χ3n) is 8.13. The average molecular weight is 649 g/mol. The fourth-order valence-electron chi connectivity index (χ4n) is 5.56. The molecule has 11 heteroatoms. The number of amidine groups is 1. The Morgan fingerprint density at radius 1 is 1.20 bits per heavy atom. The summed E-state index contributed by atoms with van der Waals surface area (Å²) >= 11 is 5.86. The Bertz CT molecular complexity index is 1600. The highest BCUT2D eigenvalue weighted by molar-refractivity contribution is 6.30. The van der Waals surface area contributed by atoms with Gasteiger partial charge in [-0.05, 0) is 89.5 Å². The second-order valence-corrected chi connectivity index (χ2v) is 13.0. The number of carbonyl (C=O) groups is 1. The molecule has 2 aromatic carbocycles. The fourth-order valence-corrected chi connectivity index (χ4v) is 5.72. The Morgan fingerprint density at radius 3 is 2.54 bits per heavy atom. The van der Waals surface area contributed by atoms with E-state index in [0.29, 0.717) is 28.7 Å². The number of hydrogen-bond acceptors (Lipinski definition) is 7. The van der Waals surface area contributed by atoms with Crippen LogP contribution in [0, 0.1) is 23.6 Å². The molecule has 1 saturated heterocycles. The molecule has 1 aliphatic heterocycles. The van der Waals surface area contributed by atoms with Crippen molar-refractivity contribution in [3.8, 4) is 5.88 Å². The number of likely N-dealkylation sites (tertiary alicyclic amines) is 1. The number of ether oxygens (including phenoxy) is 1. The number of hydrogen-bond donors (Lipinski definition) is 3. The highest BCUT2D eigenvalue weighted by Crippen LogP contribution is 2.31. The van der Waals surface area contributed by atoms with Crippen molar-refractivity contribution in [3.63, 3.8) is 0 Å². The number of nitrogens with one attached hydrogen (secondary N) is 2. The van der Waals surface area contributed by atoms with Gasteiger partial charge in [0.25, 0.3) is 0 Å². The van der Waals surface area contributed by atoms with Gasteiger partial charge >= 0.3 is 5.97 Å². The number of halogens is 2. The van der Waals surface area contributed by atoms with Gasteiger partial charge in [0.2, 0.25) is 5.88 Å². The zero-order chi connectivity index (χ0) is 33.6. The molecular weight excluding hydrogens is 607 g/mol. The van der Waals surface area contributed by atoms with Crippen LogP contribution in [0.2, 0.25) is 5.02 Å². The van der Waals surface area contributed by atoms with E-state index in [2.05, 4.69) is 11.5 Å². The first-order valence-corrected chi connectivity index (χ1v) is 15.6. The van der Waals surface area contributed by atoms with E-state index >= 15 is 0 Å². The van der Waals surface area contributed by atoms with E-state index in [1.165, 1.54) is 6.07 Å². The zero-order valence-corrected chi connectivity index (χ0v) is 27.6. The maximum atomic E-state index is 14.2. The van der Waals surface area contributed by atoms with Crippen molar-refractivity contribution in [1.29, 1.82) is 10.8 Å². The summed E-state index contributed by atoms with van der Waals surface area (Å²) in [4.78, 5) is 22.3. The summed E-state index contributed by atoms with van der Waals surface area (Å²) in [5.74, 6) is -0.575. The summed E-state index contributed by atoms with van der Waals surface area (Å²) < 4.78 is 20.0. The van der Waals surface area contributed by atoms with E-state index in [-0.39, 0.29) is 30.5 Å². The molecule has 0 aliphatic carbocycles. The second kappa shape index (κ2) is 14.9. The lowest BCUT2D eigenvalue weighted by molar-refractivity contribution is 0.0697. The summed E-state index contributed by atoms with van der Waals surface area (Å²) in [6, 6.07) is 15.1. The Labute approximate surface area is 275 Å². The third kappa shape index (κ3) is 8.70.